The number of carbonyl (C=O) groups excluding carboxylic acids is 2. The van der Waals surface area contributed by atoms with Gasteiger partial charge in [-0.2, -0.15) is 0 Å². The van der Waals surface area contributed by atoms with Crippen molar-refractivity contribution in [1.82, 2.24) is 25.5 Å². The van der Waals surface area contributed by atoms with E-state index in [9.17, 15) is 14.4 Å². The number of amides is 2. The first-order valence-corrected chi connectivity index (χ1v) is 11.0. The number of aromatic nitrogens is 2. The zero-order chi connectivity index (χ0) is 22.7. The van der Waals surface area contributed by atoms with E-state index in [1.54, 1.807) is 13.0 Å². The van der Waals surface area contributed by atoms with Crippen LogP contribution in [-0.4, -0.2) is 47.1 Å². The molecular weight excluding hydrogens is 430 g/mol. The maximum absolute atomic E-state index is 12.9. The van der Waals surface area contributed by atoms with Gasteiger partial charge in [0, 0.05) is 12.2 Å². The van der Waals surface area contributed by atoms with Crippen LogP contribution in [0.2, 0.25) is 0 Å². The molecule has 1 aromatic carbocycles. The third kappa shape index (κ3) is 4.56. The van der Waals surface area contributed by atoms with Crippen molar-refractivity contribution >= 4 is 33.6 Å². The number of nitrogens with zero attached hydrogens (tertiary/aromatic N) is 2. The largest absolute Gasteiger partial charge is 0.463 e. The Morgan fingerprint density at radius 1 is 1.19 bits per heavy atom. The summed E-state index contributed by atoms with van der Waals surface area (Å²) >= 11 is 1.34. The number of fused-ring (bicyclic) bond motifs is 1. The molecule has 9 nitrogen and oxygen atoms in total. The summed E-state index contributed by atoms with van der Waals surface area (Å²) in [6.07, 6.45) is 0. The standard InChI is InChI=1S/C22H23N5O4S/c1-3-31-21(29)17-15(24-22(30)26-18(17)13-7-5-4-6-8-13)11-27(2)12-16-23-14-9-10-32-19(14)20(28)25-16/h4-10,18H,3,11-12H2,1-2H3,(H,23,25,28)(H2,24,26,30)/t18-/m0/s1. The molecule has 1 aliphatic heterocycles. The number of urea groups is 1. The van der Waals surface area contributed by atoms with E-state index in [-0.39, 0.29) is 18.7 Å². The number of thiophene rings is 1. The molecule has 1 atom stereocenters. The zero-order valence-corrected chi connectivity index (χ0v) is 18.5. The van der Waals surface area contributed by atoms with Crippen LogP contribution >= 0.6 is 11.3 Å². The van der Waals surface area contributed by atoms with Gasteiger partial charge in [-0.25, -0.2) is 14.6 Å². The number of aromatic amines is 1. The van der Waals surface area contributed by atoms with Crippen molar-refractivity contribution in [2.75, 3.05) is 20.2 Å². The van der Waals surface area contributed by atoms with Gasteiger partial charge in [-0.3, -0.25) is 9.69 Å². The lowest BCUT2D eigenvalue weighted by Crippen LogP contribution is -2.48. The monoisotopic (exact) mass is 453 g/mol. The molecule has 3 N–H and O–H groups in total. The van der Waals surface area contributed by atoms with Crippen molar-refractivity contribution < 1.29 is 14.3 Å². The molecule has 1 aliphatic rings. The minimum Gasteiger partial charge on any atom is -0.463 e. The first-order chi connectivity index (χ1) is 15.5. The van der Waals surface area contributed by atoms with Gasteiger partial charge in [-0.05, 0) is 31.0 Å². The van der Waals surface area contributed by atoms with Crippen molar-refractivity contribution in [3.05, 3.63) is 74.8 Å². The lowest BCUT2D eigenvalue weighted by molar-refractivity contribution is -0.139. The molecule has 0 saturated carbocycles. The predicted molar refractivity (Wildman–Crippen MR) is 121 cm³/mol. The van der Waals surface area contributed by atoms with Gasteiger partial charge in [0.15, 0.2) is 0 Å². The second kappa shape index (κ2) is 9.33. The summed E-state index contributed by atoms with van der Waals surface area (Å²) in [6.45, 7) is 2.52. The van der Waals surface area contributed by atoms with E-state index in [1.807, 2.05) is 47.7 Å². The molecule has 0 bridgehead atoms. The minimum absolute atomic E-state index is 0.181. The molecule has 0 unspecified atom stereocenters. The van der Waals surface area contributed by atoms with Gasteiger partial charge in [0.1, 0.15) is 10.5 Å². The number of esters is 1. The maximum atomic E-state index is 12.9. The number of ether oxygens (including phenoxy) is 1. The van der Waals surface area contributed by atoms with Gasteiger partial charge >= 0.3 is 12.0 Å². The Labute approximate surface area is 188 Å². The molecule has 0 spiro atoms. The summed E-state index contributed by atoms with van der Waals surface area (Å²) in [7, 11) is 1.82. The first kappa shape index (κ1) is 21.7. The SMILES string of the molecule is CCOC(=O)C1=C(CN(C)Cc2nc3ccsc3c(=O)[nH]2)NC(=O)N[C@H]1c1ccccc1. The first-order valence-electron chi connectivity index (χ1n) is 10.1. The van der Waals surface area contributed by atoms with E-state index < -0.39 is 18.0 Å². The van der Waals surface area contributed by atoms with E-state index in [2.05, 4.69) is 20.6 Å². The number of hydrogen-bond acceptors (Lipinski definition) is 7. The normalized spacial score (nSPS) is 16.2. The molecule has 32 heavy (non-hydrogen) atoms. The highest BCUT2D eigenvalue weighted by Gasteiger charge is 2.34. The molecule has 0 saturated heterocycles. The molecule has 0 aliphatic carbocycles. The minimum atomic E-state index is -0.632. The summed E-state index contributed by atoms with van der Waals surface area (Å²) in [5, 5.41) is 7.39. The number of likely N-dealkylation sites (N-methyl/N-ethyl adjacent to an activating group) is 1. The van der Waals surface area contributed by atoms with Gasteiger partial charge in [0.25, 0.3) is 5.56 Å². The van der Waals surface area contributed by atoms with Gasteiger partial charge < -0.3 is 20.4 Å². The fourth-order valence-electron chi connectivity index (χ4n) is 3.67. The summed E-state index contributed by atoms with van der Waals surface area (Å²) in [4.78, 5) is 46.7. The Hall–Kier alpha value is -3.50. The zero-order valence-electron chi connectivity index (χ0n) is 17.7. The molecule has 3 heterocycles. The summed E-state index contributed by atoms with van der Waals surface area (Å²) in [6, 6.07) is 10.0. The Kier molecular flexibility index (Phi) is 6.33. The van der Waals surface area contributed by atoms with E-state index >= 15 is 0 Å². The summed E-state index contributed by atoms with van der Waals surface area (Å²) in [5.74, 6) is 0.00466. The number of H-pyrrole nitrogens is 1. The predicted octanol–water partition coefficient (Wildman–Crippen LogP) is 2.29. The number of rotatable bonds is 7. The molecule has 0 radical (unpaired) electrons. The van der Waals surface area contributed by atoms with Crippen LogP contribution in [0.25, 0.3) is 10.2 Å². The molecule has 0 fully saturated rings. The third-order valence-corrected chi connectivity index (χ3v) is 5.90. The van der Waals surface area contributed by atoms with E-state index in [0.29, 0.717) is 33.9 Å². The van der Waals surface area contributed by atoms with Crippen molar-refractivity contribution in [2.45, 2.75) is 19.5 Å². The number of hydrogen-bond donors (Lipinski definition) is 3. The lowest BCUT2D eigenvalue weighted by atomic mass is 9.95. The lowest BCUT2D eigenvalue weighted by Gasteiger charge is -2.31. The van der Waals surface area contributed by atoms with E-state index in [0.717, 1.165) is 5.56 Å². The Balaban J connectivity index is 1.64. The van der Waals surface area contributed by atoms with E-state index in [4.69, 9.17) is 4.74 Å². The van der Waals surface area contributed by atoms with E-state index in [1.165, 1.54) is 11.3 Å². The molecule has 4 rings (SSSR count). The number of carbonyl (C=O) groups is 2. The highest BCUT2D eigenvalue weighted by Crippen LogP contribution is 2.28. The Morgan fingerprint density at radius 3 is 2.72 bits per heavy atom. The van der Waals surface area contributed by atoms with Crippen molar-refractivity contribution in [3.8, 4) is 0 Å². The molecule has 10 heteroatoms. The Bertz CT molecular complexity index is 1230. The fraction of sp³-hybridized carbons (Fsp3) is 0.273. The smallest absolute Gasteiger partial charge is 0.338 e. The highest BCUT2D eigenvalue weighted by molar-refractivity contribution is 7.17. The Morgan fingerprint density at radius 2 is 1.97 bits per heavy atom. The fourth-order valence-corrected chi connectivity index (χ4v) is 4.39. The molecule has 2 amide bonds. The van der Waals surface area contributed by atoms with Crippen LogP contribution in [-0.2, 0) is 16.1 Å². The molecule has 3 aromatic rings. The highest BCUT2D eigenvalue weighted by atomic mass is 32.1. The second-order valence-electron chi connectivity index (χ2n) is 7.37. The third-order valence-electron chi connectivity index (χ3n) is 4.99. The van der Waals surface area contributed by atoms with Crippen LogP contribution in [0.1, 0.15) is 24.4 Å². The average Bonchev–Trinajstić information content (AvgIpc) is 3.23. The van der Waals surface area contributed by atoms with Crippen LogP contribution in [0.15, 0.2) is 57.8 Å². The summed E-state index contributed by atoms with van der Waals surface area (Å²) < 4.78 is 5.87. The van der Waals surface area contributed by atoms with Crippen LogP contribution in [0.4, 0.5) is 4.79 Å². The quantitative estimate of drug-likeness (QED) is 0.473. The summed E-state index contributed by atoms with van der Waals surface area (Å²) in [5.41, 5.74) is 2.04. The average molecular weight is 454 g/mol. The van der Waals surface area contributed by atoms with Gasteiger partial charge in [0.2, 0.25) is 0 Å². The van der Waals surface area contributed by atoms with Crippen molar-refractivity contribution in [1.29, 1.82) is 0 Å². The van der Waals surface area contributed by atoms with Crippen LogP contribution in [0.3, 0.4) is 0 Å². The van der Waals surface area contributed by atoms with Gasteiger partial charge in [-0.15, -0.1) is 11.3 Å². The topological polar surface area (TPSA) is 116 Å². The molecule has 166 valence electrons. The van der Waals surface area contributed by atoms with Crippen molar-refractivity contribution in [3.63, 3.8) is 0 Å². The maximum Gasteiger partial charge on any atom is 0.338 e. The molecule has 2 aromatic heterocycles. The molecular formula is C22H23N5O4S. The van der Waals surface area contributed by atoms with Gasteiger partial charge in [0.05, 0.1) is 30.3 Å². The van der Waals surface area contributed by atoms with Gasteiger partial charge in [-0.1, -0.05) is 30.3 Å². The van der Waals surface area contributed by atoms with Crippen LogP contribution in [0, 0.1) is 0 Å². The second-order valence-corrected chi connectivity index (χ2v) is 8.29. The van der Waals surface area contributed by atoms with Crippen LogP contribution in [0.5, 0.6) is 0 Å². The van der Waals surface area contributed by atoms with Crippen molar-refractivity contribution in [2.24, 2.45) is 0 Å². The number of nitrogens with one attached hydrogen (secondary N) is 3. The van der Waals surface area contributed by atoms with Crippen LogP contribution < -0.4 is 16.2 Å². The number of benzene rings is 1.